The average Bonchev–Trinajstić information content (AvgIpc) is 2.74. The van der Waals surface area contributed by atoms with Crippen LogP contribution in [-0.4, -0.2) is 25.9 Å². The molecule has 30 heavy (non-hydrogen) atoms. The predicted octanol–water partition coefficient (Wildman–Crippen LogP) is 3.86. The fraction of sp³-hybridized carbons (Fsp3) is 0.182. The Morgan fingerprint density at radius 2 is 1.80 bits per heavy atom. The van der Waals surface area contributed by atoms with Crippen molar-refractivity contribution >= 4 is 33.2 Å². The van der Waals surface area contributed by atoms with Gasteiger partial charge in [0, 0.05) is 24.0 Å². The van der Waals surface area contributed by atoms with Crippen LogP contribution in [0.1, 0.15) is 16.7 Å². The molecule has 2 aromatic carbocycles. The molecule has 0 saturated carbocycles. The maximum atomic E-state index is 13.4. The van der Waals surface area contributed by atoms with Crippen molar-refractivity contribution in [3.8, 4) is 0 Å². The summed E-state index contributed by atoms with van der Waals surface area (Å²) in [6.45, 7) is 3.47. The Morgan fingerprint density at radius 1 is 1.07 bits per heavy atom. The summed E-state index contributed by atoms with van der Waals surface area (Å²) in [5.41, 5.74) is 2.70. The monoisotopic (exact) mass is 443 g/mol. The normalized spacial score (nSPS) is 11.2. The van der Waals surface area contributed by atoms with Gasteiger partial charge in [-0.15, -0.1) is 0 Å². The van der Waals surface area contributed by atoms with Crippen LogP contribution in [0.2, 0.25) is 5.02 Å². The van der Waals surface area contributed by atoms with Gasteiger partial charge in [-0.05, 0) is 55.3 Å². The molecule has 1 N–H and O–H groups in total. The van der Waals surface area contributed by atoms with Gasteiger partial charge in [-0.1, -0.05) is 41.4 Å². The molecule has 0 fully saturated rings. The van der Waals surface area contributed by atoms with Crippen LogP contribution in [0, 0.1) is 13.8 Å². The fourth-order valence-corrected chi connectivity index (χ4v) is 4.54. The van der Waals surface area contributed by atoms with E-state index in [1.54, 1.807) is 55.7 Å². The smallest absolute Gasteiger partial charge is 0.264 e. The maximum Gasteiger partial charge on any atom is 0.264 e. The summed E-state index contributed by atoms with van der Waals surface area (Å²) in [6.07, 6.45) is 3.28. The van der Waals surface area contributed by atoms with Crippen molar-refractivity contribution in [1.29, 1.82) is 0 Å². The Bertz CT molecular complexity index is 1130. The number of carbonyl (C=O) groups excluding carboxylic acids is 1. The van der Waals surface area contributed by atoms with Crippen molar-refractivity contribution in [3.05, 3.63) is 88.7 Å². The Kier molecular flexibility index (Phi) is 6.74. The second-order valence-corrected chi connectivity index (χ2v) is 9.12. The van der Waals surface area contributed by atoms with E-state index in [0.29, 0.717) is 16.3 Å². The Balaban J connectivity index is 1.92. The standard InChI is InChI=1S/C22H22ClN3O3S/c1-16-8-10-19(11-9-16)30(28,29)26(21-7-3-6-20(23)17(21)2)15-22(27)25-14-18-5-4-12-24-13-18/h3-13H,14-15H2,1-2H3,(H,25,27). The largest absolute Gasteiger partial charge is 0.350 e. The zero-order valence-electron chi connectivity index (χ0n) is 16.7. The molecule has 0 saturated heterocycles. The molecule has 8 heteroatoms. The first-order valence-corrected chi connectivity index (χ1v) is 11.1. The van der Waals surface area contributed by atoms with E-state index in [1.807, 2.05) is 13.0 Å². The third-order valence-corrected chi connectivity index (χ3v) is 6.80. The van der Waals surface area contributed by atoms with Crippen LogP contribution < -0.4 is 9.62 Å². The molecule has 0 bridgehead atoms. The van der Waals surface area contributed by atoms with Gasteiger partial charge in [0.15, 0.2) is 0 Å². The van der Waals surface area contributed by atoms with Gasteiger partial charge < -0.3 is 5.32 Å². The SMILES string of the molecule is Cc1ccc(S(=O)(=O)N(CC(=O)NCc2cccnc2)c2cccc(Cl)c2C)cc1. The lowest BCUT2D eigenvalue weighted by Gasteiger charge is -2.26. The highest BCUT2D eigenvalue weighted by atomic mass is 35.5. The number of sulfonamides is 1. The van der Waals surface area contributed by atoms with E-state index >= 15 is 0 Å². The fourth-order valence-electron chi connectivity index (χ4n) is 2.89. The maximum absolute atomic E-state index is 13.4. The number of hydrogen-bond acceptors (Lipinski definition) is 4. The van der Waals surface area contributed by atoms with Gasteiger partial charge in [0.2, 0.25) is 5.91 Å². The van der Waals surface area contributed by atoms with E-state index in [0.717, 1.165) is 15.4 Å². The summed E-state index contributed by atoms with van der Waals surface area (Å²) in [5, 5.41) is 3.17. The second-order valence-electron chi connectivity index (χ2n) is 6.85. The number of amides is 1. The molecular formula is C22H22ClN3O3S. The Morgan fingerprint density at radius 3 is 2.47 bits per heavy atom. The minimum atomic E-state index is -3.99. The number of aromatic nitrogens is 1. The number of hydrogen-bond donors (Lipinski definition) is 1. The lowest BCUT2D eigenvalue weighted by molar-refractivity contribution is -0.119. The molecule has 0 unspecified atom stereocenters. The van der Waals surface area contributed by atoms with E-state index < -0.39 is 15.9 Å². The molecule has 0 spiro atoms. The first-order valence-electron chi connectivity index (χ1n) is 9.29. The Hall–Kier alpha value is -2.90. The molecule has 1 aromatic heterocycles. The number of pyridine rings is 1. The van der Waals surface area contributed by atoms with Crippen molar-refractivity contribution in [3.63, 3.8) is 0 Å². The number of carbonyl (C=O) groups is 1. The van der Waals surface area contributed by atoms with E-state index in [4.69, 9.17) is 11.6 Å². The molecule has 0 radical (unpaired) electrons. The highest BCUT2D eigenvalue weighted by Crippen LogP contribution is 2.30. The second kappa shape index (κ2) is 9.28. The van der Waals surface area contributed by atoms with Crippen LogP contribution in [0.25, 0.3) is 0 Å². The summed E-state index contributed by atoms with van der Waals surface area (Å²) < 4.78 is 27.9. The molecule has 3 aromatic rings. The number of benzene rings is 2. The molecule has 0 aliphatic rings. The van der Waals surface area contributed by atoms with Gasteiger partial charge in [-0.25, -0.2) is 8.42 Å². The van der Waals surface area contributed by atoms with Crippen LogP contribution in [0.5, 0.6) is 0 Å². The minimum Gasteiger partial charge on any atom is -0.350 e. The molecule has 1 heterocycles. The molecule has 0 aliphatic heterocycles. The first-order chi connectivity index (χ1) is 14.3. The van der Waals surface area contributed by atoms with E-state index in [2.05, 4.69) is 10.3 Å². The van der Waals surface area contributed by atoms with Crippen LogP contribution in [-0.2, 0) is 21.4 Å². The van der Waals surface area contributed by atoms with Gasteiger partial charge in [0.1, 0.15) is 6.54 Å². The van der Waals surface area contributed by atoms with Crippen molar-refractivity contribution in [2.45, 2.75) is 25.3 Å². The van der Waals surface area contributed by atoms with Crippen LogP contribution in [0.4, 0.5) is 5.69 Å². The van der Waals surface area contributed by atoms with Crippen LogP contribution in [0.3, 0.4) is 0 Å². The van der Waals surface area contributed by atoms with Crippen molar-refractivity contribution in [2.24, 2.45) is 0 Å². The molecule has 3 rings (SSSR count). The summed E-state index contributed by atoms with van der Waals surface area (Å²) in [5.74, 6) is -0.436. The molecule has 0 aliphatic carbocycles. The van der Waals surface area contributed by atoms with Gasteiger partial charge >= 0.3 is 0 Å². The van der Waals surface area contributed by atoms with Gasteiger partial charge in [-0.2, -0.15) is 0 Å². The highest BCUT2D eigenvalue weighted by Gasteiger charge is 2.28. The third-order valence-electron chi connectivity index (χ3n) is 4.62. The van der Waals surface area contributed by atoms with Crippen molar-refractivity contribution < 1.29 is 13.2 Å². The summed E-state index contributed by atoms with van der Waals surface area (Å²) in [4.78, 5) is 16.8. The number of aryl methyl sites for hydroxylation is 1. The lowest BCUT2D eigenvalue weighted by atomic mass is 10.2. The number of rotatable bonds is 7. The van der Waals surface area contributed by atoms with Crippen molar-refractivity contribution in [1.82, 2.24) is 10.3 Å². The predicted molar refractivity (Wildman–Crippen MR) is 118 cm³/mol. The zero-order chi connectivity index (χ0) is 21.7. The number of halogens is 1. The summed E-state index contributed by atoms with van der Waals surface area (Å²) >= 11 is 6.22. The lowest BCUT2D eigenvalue weighted by Crippen LogP contribution is -2.41. The molecule has 0 atom stereocenters. The van der Waals surface area contributed by atoms with Crippen molar-refractivity contribution in [2.75, 3.05) is 10.8 Å². The van der Waals surface area contributed by atoms with E-state index in [9.17, 15) is 13.2 Å². The summed E-state index contributed by atoms with van der Waals surface area (Å²) in [6, 6.07) is 15.1. The van der Waals surface area contributed by atoms with Gasteiger partial charge in [0.25, 0.3) is 10.0 Å². The van der Waals surface area contributed by atoms with Gasteiger partial charge in [0.05, 0.1) is 10.6 Å². The molecule has 1 amide bonds. The molecular weight excluding hydrogens is 422 g/mol. The first kappa shape index (κ1) is 21.8. The number of nitrogens with zero attached hydrogens (tertiary/aromatic N) is 2. The minimum absolute atomic E-state index is 0.104. The zero-order valence-corrected chi connectivity index (χ0v) is 18.2. The highest BCUT2D eigenvalue weighted by molar-refractivity contribution is 7.92. The molecule has 156 valence electrons. The quantitative estimate of drug-likeness (QED) is 0.601. The molecule has 6 nitrogen and oxygen atoms in total. The summed E-state index contributed by atoms with van der Waals surface area (Å²) in [7, 11) is -3.99. The number of anilines is 1. The van der Waals surface area contributed by atoms with Gasteiger partial charge in [-0.3, -0.25) is 14.1 Å². The van der Waals surface area contributed by atoms with E-state index in [-0.39, 0.29) is 18.0 Å². The van der Waals surface area contributed by atoms with E-state index in [1.165, 1.54) is 12.1 Å². The number of nitrogens with one attached hydrogen (secondary N) is 1. The van der Waals surface area contributed by atoms with Crippen LogP contribution >= 0.6 is 11.6 Å². The average molecular weight is 444 g/mol. The Labute approximate surface area is 181 Å². The topological polar surface area (TPSA) is 79.4 Å². The third kappa shape index (κ3) is 4.98. The van der Waals surface area contributed by atoms with Crippen LogP contribution in [0.15, 0.2) is 71.9 Å².